The van der Waals surface area contributed by atoms with Gasteiger partial charge in [-0.3, -0.25) is 14.3 Å². The molecule has 2 N–H and O–H groups in total. The van der Waals surface area contributed by atoms with Crippen molar-refractivity contribution in [3.63, 3.8) is 0 Å². The predicted octanol–water partition coefficient (Wildman–Crippen LogP) is 2.62. The number of rotatable bonds is 4. The minimum Gasteiger partial charge on any atom is -0.396 e. The maximum absolute atomic E-state index is 13.3. The number of benzene rings is 2. The third-order valence-electron chi connectivity index (χ3n) is 2.68. The van der Waals surface area contributed by atoms with Crippen LogP contribution in [0.15, 0.2) is 47.4 Å². The lowest BCUT2D eigenvalue weighted by molar-refractivity contribution is -0.384. The summed E-state index contributed by atoms with van der Waals surface area (Å²) in [7, 11) is -1.44. The predicted molar refractivity (Wildman–Crippen MR) is 74.0 cm³/mol. The summed E-state index contributed by atoms with van der Waals surface area (Å²) in [5, 5.41) is 10.5. The molecule has 2 aromatic rings. The van der Waals surface area contributed by atoms with Crippen LogP contribution in [0.1, 0.15) is 5.56 Å². The molecule has 20 heavy (non-hydrogen) atoms. The van der Waals surface area contributed by atoms with Crippen molar-refractivity contribution in [2.75, 3.05) is 5.73 Å². The minimum atomic E-state index is -1.44. The van der Waals surface area contributed by atoms with E-state index in [9.17, 15) is 18.7 Å². The third-order valence-corrected chi connectivity index (χ3v) is 4.05. The first-order valence-electron chi connectivity index (χ1n) is 5.64. The molecule has 0 heterocycles. The molecule has 0 saturated heterocycles. The molecule has 2 aromatic carbocycles. The Morgan fingerprint density at radius 1 is 1.20 bits per heavy atom. The molecule has 0 aliphatic heterocycles. The van der Waals surface area contributed by atoms with E-state index in [4.69, 9.17) is 5.73 Å². The van der Waals surface area contributed by atoms with Crippen LogP contribution in [-0.2, 0) is 16.6 Å². The molecule has 7 heteroatoms. The monoisotopic (exact) mass is 294 g/mol. The lowest BCUT2D eigenvalue weighted by atomic mass is 10.2. The molecular weight excluding hydrogens is 283 g/mol. The lowest BCUT2D eigenvalue weighted by Crippen LogP contribution is -1.99. The van der Waals surface area contributed by atoms with Crippen LogP contribution in [0.5, 0.6) is 0 Å². The van der Waals surface area contributed by atoms with E-state index in [1.165, 1.54) is 36.4 Å². The van der Waals surface area contributed by atoms with E-state index in [0.29, 0.717) is 10.5 Å². The van der Waals surface area contributed by atoms with Gasteiger partial charge in [0.1, 0.15) is 5.82 Å². The zero-order chi connectivity index (χ0) is 14.7. The van der Waals surface area contributed by atoms with Crippen molar-refractivity contribution in [3.8, 4) is 0 Å². The summed E-state index contributed by atoms with van der Waals surface area (Å²) in [5.74, 6) is -0.457. The molecule has 5 nitrogen and oxygen atoms in total. The molecule has 0 aliphatic carbocycles. The summed E-state index contributed by atoms with van der Waals surface area (Å²) >= 11 is 0. The molecule has 1 unspecified atom stereocenters. The fraction of sp³-hybridized carbons (Fsp3) is 0.0769. The van der Waals surface area contributed by atoms with Crippen LogP contribution in [0.4, 0.5) is 15.8 Å². The maximum atomic E-state index is 13.3. The maximum Gasteiger partial charge on any atom is 0.269 e. The first-order valence-corrected chi connectivity index (χ1v) is 6.96. The first-order chi connectivity index (χ1) is 9.47. The van der Waals surface area contributed by atoms with E-state index < -0.39 is 21.5 Å². The number of non-ortho nitro benzene ring substituents is 1. The molecule has 0 aliphatic rings. The molecule has 104 valence electrons. The highest BCUT2D eigenvalue weighted by Gasteiger charge is 2.10. The Kier molecular flexibility index (Phi) is 4.09. The number of nitrogens with two attached hydrogens (primary N) is 1. The summed E-state index contributed by atoms with van der Waals surface area (Å²) in [4.78, 5) is 10.3. The summed E-state index contributed by atoms with van der Waals surface area (Å²) in [6.45, 7) is 0. The number of nitrogen functional groups attached to an aromatic ring is 1. The van der Waals surface area contributed by atoms with Crippen molar-refractivity contribution >= 4 is 22.2 Å². The van der Waals surface area contributed by atoms with Crippen molar-refractivity contribution in [1.82, 2.24) is 0 Å². The summed E-state index contributed by atoms with van der Waals surface area (Å²) in [5.41, 5.74) is 5.99. The van der Waals surface area contributed by atoms with Crippen LogP contribution >= 0.6 is 0 Å². The molecule has 0 amide bonds. The van der Waals surface area contributed by atoms with E-state index in [1.807, 2.05) is 0 Å². The Morgan fingerprint density at radius 3 is 2.40 bits per heavy atom. The van der Waals surface area contributed by atoms with Gasteiger partial charge in [-0.05, 0) is 23.8 Å². The number of hydrogen-bond donors (Lipinski definition) is 1. The van der Waals surface area contributed by atoms with Gasteiger partial charge in [0.05, 0.1) is 27.2 Å². The van der Waals surface area contributed by atoms with Crippen molar-refractivity contribution < 1.29 is 13.5 Å². The van der Waals surface area contributed by atoms with Gasteiger partial charge in [0.2, 0.25) is 0 Å². The van der Waals surface area contributed by atoms with Gasteiger partial charge in [-0.25, -0.2) is 4.39 Å². The summed E-state index contributed by atoms with van der Waals surface area (Å²) in [6, 6.07) is 9.74. The Morgan fingerprint density at radius 2 is 1.85 bits per heavy atom. The quantitative estimate of drug-likeness (QED) is 0.533. The molecule has 0 aromatic heterocycles. The van der Waals surface area contributed by atoms with E-state index in [-0.39, 0.29) is 17.1 Å². The van der Waals surface area contributed by atoms with E-state index in [1.54, 1.807) is 0 Å². The minimum absolute atomic E-state index is 0.00101. The topological polar surface area (TPSA) is 86.2 Å². The number of nitrogens with zero attached hydrogens (tertiary/aromatic N) is 1. The Balaban J connectivity index is 2.14. The Bertz CT molecular complexity index is 674. The zero-order valence-electron chi connectivity index (χ0n) is 10.3. The van der Waals surface area contributed by atoms with E-state index >= 15 is 0 Å². The largest absolute Gasteiger partial charge is 0.396 e. The highest BCUT2D eigenvalue weighted by atomic mass is 32.2. The van der Waals surface area contributed by atoms with E-state index in [0.717, 1.165) is 6.07 Å². The number of nitro benzene ring substituents is 1. The van der Waals surface area contributed by atoms with Gasteiger partial charge in [-0.2, -0.15) is 0 Å². The van der Waals surface area contributed by atoms with Crippen LogP contribution < -0.4 is 5.73 Å². The molecule has 0 spiro atoms. The van der Waals surface area contributed by atoms with Gasteiger partial charge in [0.15, 0.2) is 0 Å². The normalized spacial score (nSPS) is 12.1. The number of anilines is 1. The van der Waals surface area contributed by atoms with Crippen LogP contribution in [-0.4, -0.2) is 9.13 Å². The van der Waals surface area contributed by atoms with Gasteiger partial charge in [0, 0.05) is 17.0 Å². The van der Waals surface area contributed by atoms with Gasteiger partial charge >= 0.3 is 0 Å². The molecule has 0 radical (unpaired) electrons. The zero-order valence-corrected chi connectivity index (χ0v) is 11.1. The summed E-state index contributed by atoms with van der Waals surface area (Å²) < 4.78 is 25.4. The average Bonchev–Trinajstić information content (AvgIpc) is 2.42. The van der Waals surface area contributed by atoms with Crippen LogP contribution in [0.25, 0.3) is 0 Å². The van der Waals surface area contributed by atoms with Gasteiger partial charge in [0.25, 0.3) is 5.69 Å². The van der Waals surface area contributed by atoms with Crippen LogP contribution in [0.3, 0.4) is 0 Å². The van der Waals surface area contributed by atoms with Crippen LogP contribution in [0.2, 0.25) is 0 Å². The van der Waals surface area contributed by atoms with Crippen molar-refractivity contribution in [2.24, 2.45) is 0 Å². The van der Waals surface area contributed by atoms with Crippen molar-refractivity contribution in [2.45, 2.75) is 10.6 Å². The SMILES string of the molecule is Nc1ccc(S(=O)Cc2ccc([N+](=O)[O-])cc2)cc1F. The molecular formula is C13H11FN2O3S. The van der Waals surface area contributed by atoms with Crippen LogP contribution in [0, 0.1) is 15.9 Å². The Labute approximate surface area is 116 Å². The van der Waals surface area contributed by atoms with Gasteiger partial charge < -0.3 is 5.73 Å². The van der Waals surface area contributed by atoms with Crippen molar-refractivity contribution in [1.29, 1.82) is 0 Å². The standard InChI is InChI=1S/C13H11FN2O3S/c14-12-7-11(5-6-13(12)15)20(19)8-9-1-3-10(4-2-9)16(17)18/h1-7H,8,15H2. The second kappa shape index (κ2) is 5.79. The average molecular weight is 294 g/mol. The molecule has 2 rings (SSSR count). The van der Waals surface area contributed by atoms with Crippen molar-refractivity contribution in [3.05, 3.63) is 64.0 Å². The lowest BCUT2D eigenvalue weighted by Gasteiger charge is -2.04. The third kappa shape index (κ3) is 3.18. The smallest absolute Gasteiger partial charge is 0.269 e. The number of hydrogen-bond acceptors (Lipinski definition) is 4. The highest BCUT2D eigenvalue weighted by molar-refractivity contribution is 7.84. The van der Waals surface area contributed by atoms with E-state index in [2.05, 4.69) is 0 Å². The second-order valence-electron chi connectivity index (χ2n) is 4.10. The number of halogens is 1. The molecule has 1 atom stereocenters. The summed E-state index contributed by atoms with van der Waals surface area (Å²) in [6.07, 6.45) is 0. The second-order valence-corrected chi connectivity index (χ2v) is 5.55. The van der Waals surface area contributed by atoms with Gasteiger partial charge in [-0.15, -0.1) is 0 Å². The highest BCUT2D eigenvalue weighted by Crippen LogP contribution is 2.19. The number of nitro groups is 1. The molecule has 0 saturated carbocycles. The first kappa shape index (κ1) is 14.1. The fourth-order valence-corrected chi connectivity index (χ4v) is 2.71. The fourth-order valence-electron chi connectivity index (χ4n) is 1.60. The Hall–Kier alpha value is -2.28. The molecule has 0 fully saturated rings. The van der Waals surface area contributed by atoms with Gasteiger partial charge in [-0.1, -0.05) is 12.1 Å². The molecule has 0 bridgehead atoms.